The van der Waals surface area contributed by atoms with E-state index in [0.717, 1.165) is 19.5 Å². The molecule has 2 rings (SSSR count). The molecule has 3 heteroatoms. The van der Waals surface area contributed by atoms with Crippen LogP contribution >= 0.6 is 0 Å². The molecule has 0 aromatic carbocycles. The number of Topliss-reactive ketones (excluding diaryl/α,β-unsaturated/α-hetero) is 1. The molecule has 2 aliphatic rings. The van der Waals surface area contributed by atoms with Gasteiger partial charge in [0.2, 0.25) is 0 Å². The van der Waals surface area contributed by atoms with Gasteiger partial charge < -0.3 is 4.74 Å². The maximum Gasteiger partial charge on any atom is 0.181 e. The maximum atomic E-state index is 12.0. The van der Waals surface area contributed by atoms with Crippen molar-refractivity contribution in [2.45, 2.75) is 45.9 Å². The van der Waals surface area contributed by atoms with Crippen LogP contribution in [0.25, 0.3) is 0 Å². The maximum absolute atomic E-state index is 12.0. The lowest BCUT2D eigenvalue weighted by atomic mass is 9.89. The molecule has 0 aliphatic carbocycles. The minimum absolute atomic E-state index is 0.224. The predicted molar refractivity (Wildman–Crippen MR) is 53.9 cm³/mol. The van der Waals surface area contributed by atoms with Crippen LogP contribution in [0, 0.1) is 5.41 Å². The van der Waals surface area contributed by atoms with Crippen molar-refractivity contribution in [3.8, 4) is 0 Å². The van der Waals surface area contributed by atoms with Crippen LogP contribution in [-0.4, -0.2) is 36.1 Å². The Labute approximate surface area is 85.4 Å². The molecule has 2 heterocycles. The second kappa shape index (κ2) is 3.31. The van der Waals surface area contributed by atoms with Crippen LogP contribution in [0.3, 0.4) is 0 Å². The second-order valence-electron chi connectivity index (χ2n) is 5.36. The molecular weight excluding hydrogens is 178 g/mol. The first kappa shape index (κ1) is 10.1. The molecule has 3 nitrogen and oxygen atoms in total. The second-order valence-corrected chi connectivity index (χ2v) is 5.36. The van der Waals surface area contributed by atoms with Crippen molar-refractivity contribution >= 4 is 5.78 Å². The summed E-state index contributed by atoms with van der Waals surface area (Å²) in [7, 11) is 0. The summed E-state index contributed by atoms with van der Waals surface area (Å²) in [5.41, 5.74) is -0.290. The first-order valence-corrected chi connectivity index (χ1v) is 5.42. The van der Waals surface area contributed by atoms with Crippen molar-refractivity contribution in [2.75, 3.05) is 13.1 Å². The summed E-state index contributed by atoms with van der Waals surface area (Å²) in [5.74, 6) is 0.224. The van der Waals surface area contributed by atoms with Gasteiger partial charge in [-0.25, -0.2) is 0 Å². The molecule has 14 heavy (non-hydrogen) atoms. The van der Waals surface area contributed by atoms with Crippen LogP contribution in [-0.2, 0) is 9.53 Å². The first-order valence-electron chi connectivity index (χ1n) is 5.42. The van der Waals surface area contributed by atoms with Crippen molar-refractivity contribution in [1.29, 1.82) is 0 Å². The number of fused-ring (bicyclic) bond motifs is 2. The molecule has 0 aromatic rings. The quantitative estimate of drug-likeness (QED) is 0.636. The summed E-state index contributed by atoms with van der Waals surface area (Å²) < 4.78 is 5.75. The Morgan fingerprint density at radius 2 is 2.14 bits per heavy atom. The van der Waals surface area contributed by atoms with E-state index in [0.29, 0.717) is 6.10 Å². The van der Waals surface area contributed by atoms with Crippen LogP contribution < -0.4 is 0 Å². The van der Waals surface area contributed by atoms with Crippen LogP contribution in [0.15, 0.2) is 0 Å². The summed E-state index contributed by atoms with van der Waals surface area (Å²) in [6, 6.07) is 0. The lowest BCUT2D eigenvalue weighted by Crippen LogP contribution is -2.43. The van der Waals surface area contributed by atoms with E-state index < -0.39 is 0 Å². The smallest absolute Gasteiger partial charge is 0.181 e. The Hall–Kier alpha value is -0.410. The summed E-state index contributed by atoms with van der Waals surface area (Å²) in [5, 5.41) is 0. The Morgan fingerprint density at radius 1 is 1.43 bits per heavy atom. The van der Waals surface area contributed by atoms with Gasteiger partial charge in [0.25, 0.3) is 0 Å². The van der Waals surface area contributed by atoms with Crippen LogP contribution in [0.4, 0.5) is 0 Å². The summed E-state index contributed by atoms with van der Waals surface area (Å²) >= 11 is 0. The van der Waals surface area contributed by atoms with E-state index in [2.05, 4.69) is 4.90 Å². The fourth-order valence-corrected chi connectivity index (χ4v) is 2.16. The van der Waals surface area contributed by atoms with Gasteiger partial charge in [-0.15, -0.1) is 0 Å². The van der Waals surface area contributed by atoms with Gasteiger partial charge >= 0.3 is 0 Å². The number of carbonyl (C=O) groups excluding carboxylic acids is 1. The average Bonchev–Trinajstić information content (AvgIpc) is 2.39. The first-order chi connectivity index (χ1) is 6.48. The van der Waals surface area contributed by atoms with E-state index in [9.17, 15) is 4.79 Å². The number of piperidine rings is 1. The van der Waals surface area contributed by atoms with Crippen LogP contribution in [0.5, 0.6) is 0 Å². The van der Waals surface area contributed by atoms with E-state index >= 15 is 0 Å². The fourth-order valence-electron chi connectivity index (χ4n) is 2.16. The SMILES string of the molecule is CC(C)(C)C(=O)[C@H]1O[C@@H]2CCCN1C2. The summed E-state index contributed by atoms with van der Waals surface area (Å²) in [6.45, 7) is 7.85. The average molecular weight is 197 g/mol. The fraction of sp³-hybridized carbons (Fsp3) is 0.909. The third-order valence-electron chi connectivity index (χ3n) is 3.03. The number of hydrogen-bond acceptors (Lipinski definition) is 3. The highest BCUT2D eigenvalue weighted by molar-refractivity contribution is 5.87. The third-order valence-corrected chi connectivity index (χ3v) is 3.03. The number of carbonyl (C=O) groups is 1. The number of hydrogen-bond donors (Lipinski definition) is 0. The number of rotatable bonds is 1. The molecule has 0 aromatic heterocycles. The molecule has 2 saturated heterocycles. The highest BCUT2D eigenvalue weighted by Crippen LogP contribution is 2.30. The monoisotopic (exact) mass is 197 g/mol. The van der Waals surface area contributed by atoms with Crippen molar-refractivity contribution in [1.82, 2.24) is 4.90 Å². The van der Waals surface area contributed by atoms with Gasteiger partial charge in [0, 0.05) is 18.5 Å². The van der Waals surface area contributed by atoms with Crippen LogP contribution in [0.1, 0.15) is 33.6 Å². The molecule has 0 saturated carbocycles. The zero-order valence-electron chi connectivity index (χ0n) is 9.25. The number of nitrogens with zero attached hydrogens (tertiary/aromatic N) is 1. The van der Waals surface area contributed by atoms with Crippen molar-refractivity contribution < 1.29 is 9.53 Å². The molecule has 0 radical (unpaired) electrons. The topological polar surface area (TPSA) is 29.5 Å². The third kappa shape index (κ3) is 1.71. The molecule has 2 bridgehead atoms. The van der Waals surface area contributed by atoms with Crippen molar-refractivity contribution in [2.24, 2.45) is 5.41 Å². The standard InChI is InChI=1S/C11H19NO2/c1-11(2,3)9(13)10-12-6-4-5-8(7-12)14-10/h8,10H,4-7H2,1-3H3/t8-,10-/m1/s1. The van der Waals surface area contributed by atoms with Crippen LogP contribution in [0.2, 0.25) is 0 Å². The molecule has 0 spiro atoms. The number of ether oxygens (including phenoxy) is 1. The normalized spacial score (nSPS) is 37.2. The largest absolute Gasteiger partial charge is 0.351 e. The minimum atomic E-state index is -0.290. The highest BCUT2D eigenvalue weighted by Gasteiger charge is 2.43. The van der Waals surface area contributed by atoms with Gasteiger partial charge in [-0.2, -0.15) is 0 Å². The van der Waals surface area contributed by atoms with Gasteiger partial charge in [-0.1, -0.05) is 20.8 Å². The van der Waals surface area contributed by atoms with E-state index in [1.54, 1.807) is 0 Å². The Balaban J connectivity index is 2.09. The molecule has 2 aliphatic heterocycles. The molecule has 2 fully saturated rings. The molecule has 80 valence electrons. The number of ketones is 1. The Kier molecular flexibility index (Phi) is 2.40. The van der Waals surface area contributed by atoms with E-state index in [1.807, 2.05) is 20.8 Å². The minimum Gasteiger partial charge on any atom is -0.351 e. The van der Waals surface area contributed by atoms with E-state index in [1.165, 1.54) is 6.42 Å². The van der Waals surface area contributed by atoms with Gasteiger partial charge in [-0.3, -0.25) is 9.69 Å². The molecule has 3 atom stereocenters. The van der Waals surface area contributed by atoms with Gasteiger partial charge in [-0.05, 0) is 12.8 Å². The summed E-state index contributed by atoms with van der Waals surface area (Å²) in [6.07, 6.45) is 2.32. The lowest BCUT2D eigenvalue weighted by molar-refractivity contribution is -0.143. The zero-order chi connectivity index (χ0) is 10.3. The zero-order valence-corrected chi connectivity index (χ0v) is 9.25. The lowest BCUT2D eigenvalue weighted by Gasteiger charge is -2.27. The highest BCUT2D eigenvalue weighted by atomic mass is 16.5. The summed E-state index contributed by atoms with van der Waals surface area (Å²) in [4.78, 5) is 14.2. The van der Waals surface area contributed by atoms with E-state index in [4.69, 9.17) is 4.74 Å². The van der Waals surface area contributed by atoms with Gasteiger partial charge in [0.05, 0.1) is 6.10 Å². The van der Waals surface area contributed by atoms with Crippen molar-refractivity contribution in [3.63, 3.8) is 0 Å². The Morgan fingerprint density at radius 3 is 2.71 bits per heavy atom. The molecule has 1 unspecified atom stereocenters. The van der Waals surface area contributed by atoms with Gasteiger partial charge in [0.15, 0.2) is 12.0 Å². The predicted octanol–water partition coefficient (Wildman–Crippen LogP) is 1.42. The van der Waals surface area contributed by atoms with Gasteiger partial charge in [0.1, 0.15) is 0 Å². The molecule has 0 N–H and O–H groups in total. The Bertz CT molecular complexity index is 244. The molecular formula is C11H19NO2. The molecule has 0 amide bonds. The van der Waals surface area contributed by atoms with Crippen molar-refractivity contribution in [3.05, 3.63) is 0 Å². The van der Waals surface area contributed by atoms with E-state index in [-0.39, 0.29) is 17.4 Å².